The van der Waals surface area contributed by atoms with Crippen LogP contribution < -0.4 is 10.1 Å². The Morgan fingerprint density at radius 2 is 2.06 bits per heavy atom. The molecular formula is C12H10ClN3O2. The zero-order chi connectivity index (χ0) is 13.0. The number of ether oxygens (including phenoxy) is 1. The SMILES string of the molecule is COc1ncc(NC(=O)c2cccc(Cl)c2)cn1. The molecule has 1 aromatic carbocycles. The van der Waals surface area contributed by atoms with Crippen molar-refractivity contribution in [3.05, 3.63) is 47.2 Å². The van der Waals surface area contributed by atoms with E-state index in [0.717, 1.165) is 0 Å². The molecule has 1 N–H and O–H groups in total. The van der Waals surface area contributed by atoms with Crippen molar-refractivity contribution in [1.29, 1.82) is 0 Å². The Morgan fingerprint density at radius 1 is 1.33 bits per heavy atom. The molecule has 6 heteroatoms. The average molecular weight is 264 g/mol. The summed E-state index contributed by atoms with van der Waals surface area (Å²) in [6.45, 7) is 0. The lowest BCUT2D eigenvalue weighted by atomic mass is 10.2. The van der Waals surface area contributed by atoms with Crippen molar-refractivity contribution in [1.82, 2.24) is 9.97 Å². The fraction of sp³-hybridized carbons (Fsp3) is 0.0833. The maximum Gasteiger partial charge on any atom is 0.316 e. The summed E-state index contributed by atoms with van der Waals surface area (Å²) in [6.07, 6.45) is 2.93. The van der Waals surface area contributed by atoms with E-state index in [1.807, 2.05) is 0 Å². The molecular weight excluding hydrogens is 254 g/mol. The van der Waals surface area contributed by atoms with Gasteiger partial charge in [0.25, 0.3) is 5.91 Å². The summed E-state index contributed by atoms with van der Waals surface area (Å²) in [5, 5.41) is 3.17. The van der Waals surface area contributed by atoms with Crippen LogP contribution in [0, 0.1) is 0 Å². The third-order valence-corrected chi connectivity index (χ3v) is 2.39. The highest BCUT2D eigenvalue weighted by molar-refractivity contribution is 6.31. The second-order valence-electron chi connectivity index (χ2n) is 3.42. The highest BCUT2D eigenvalue weighted by atomic mass is 35.5. The summed E-state index contributed by atoms with van der Waals surface area (Å²) in [5.41, 5.74) is 0.957. The van der Waals surface area contributed by atoms with E-state index in [9.17, 15) is 4.79 Å². The smallest absolute Gasteiger partial charge is 0.316 e. The van der Waals surface area contributed by atoms with Gasteiger partial charge in [0.2, 0.25) is 0 Å². The molecule has 5 nitrogen and oxygen atoms in total. The number of anilines is 1. The number of nitrogens with one attached hydrogen (secondary N) is 1. The van der Waals surface area contributed by atoms with Gasteiger partial charge >= 0.3 is 6.01 Å². The minimum atomic E-state index is -0.272. The number of methoxy groups -OCH3 is 1. The lowest BCUT2D eigenvalue weighted by molar-refractivity contribution is 0.102. The molecule has 0 spiro atoms. The largest absolute Gasteiger partial charge is 0.467 e. The van der Waals surface area contributed by atoms with Crippen LogP contribution in [0.2, 0.25) is 5.02 Å². The van der Waals surface area contributed by atoms with E-state index in [-0.39, 0.29) is 11.9 Å². The van der Waals surface area contributed by atoms with Crippen molar-refractivity contribution in [2.45, 2.75) is 0 Å². The van der Waals surface area contributed by atoms with E-state index in [1.54, 1.807) is 24.3 Å². The molecule has 0 saturated carbocycles. The molecule has 0 radical (unpaired) electrons. The summed E-state index contributed by atoms with van der Waals surface area (Å²) in [6, 6.07) is 6.92. The van der Waals surface area contributed by atoms with Crippen LogP contribution in [0.15, 0.2) is 36.7 Å². The maximum absolute atomic E-state index is 11.9. The summed E-state index contributed by atoms with van der Waals surface area (Å²) in [4.78, 5) is 19.6. The molecule has 0 fully saturated rings. The second kappa shape index (κ2) is 5.46. The van der Waals surface area contributed by atoms with Gasteiger partial charge < -0.3 is 10.1 Å². The molecule has 0 aliphatic rings. The van der Waals surface area contributed by atoms with Crippen LogP contribution in [0.4, 0.5) is 5.69 Å². The average Bonchev–Trinajstić information content (AvgIpc) is 2.39. The van der Waals surface area contributed by atoms with Crippen LogP contribution in [0.1, 0.15) is 10.4 Å². The quantitative estimate of drug-likeness (QED) is 0.923. The Morgan fingerprint density at radius 3 is 2.67 bits per heavy atom. The normalized spacial score (nSPS) is 9.89. The molecule has 0 bridgehead atoms. The molecule has 18 heavy (non-hydrogen) atoms. The van der Waals surface area contributed by atoms with E-state index < -0.39 is 0 Å². The number of hydrogen-bond acceptors (Lipinski definition) is 4. The van der Waals surface area contributed by atoms with Crippen LogP contribution in [0.3, 0.4) is 0 Å². The minimum Gasteiger partial charge on any atom is -0.467 e. The van der Waals surface area contributed by atoms with Gasteiger partial charge in [-0.05, 0) is 18.2 Å². The molecule has 0 aliphatic heterocycles. The van der Waals surface area contributed by atoms with Gasteiger partial charge in [0.15, 0.2) is 0 Å². The van der Waals surface area contributed by atoms with Gasteiger partial charge in [-0.2, -0.15) is 0 Å². The molecule has 1 amide bonds. The van der Waals surface area contributed by atoms with Gasteiger partial charge in [-0.1, -0.05) is 17.7 Å². The number of benzene rings is 1. The summed E-state index contributed by atoms with van der Waals surface area (Å²) >= 11 is 5.81. The first-order valence-electron chi connectivity index (χ1n) is 5.12. The number of rotatable bonds is 3. The van der Waals surface area contributed by atoms with E-state index in [1.165, 1.54) is 19.5 Å². The van der Waals surface area contributed by atoms with Crippen LogP contribution in [0.5, 0.6) is 6.01 Å². The van der Waals surface area contributed by atoms with Crippen molar-refractivity contribution in [3.8, 4) is 6.01 Å². The van der Waals surface area contributed by atoms with Crippen molar-refractivity contribution in [2.24, 2.45) is 0 Å². The standard InChI is InChI=1S/C12H10ClN3O2/c1-18-12-14-6-10(7-15-12)16-11(17)8-3-2-4-9(13)5-8/h2-7H,1H3,(H,16,17). The molecule has 0 unspecified atom stereocenters. The van der Waals surface area contributed by atoms with Crippen molar-refractivity contribution in [2.75, 3.05) is 12.4 Å². The fourth-order valence-corrected chi connectivity index (χ4v) is 1.51. The number of carbonyl (C=O) groups is 1. The van der Waals surface area contributed by atoms with Crippen LogP contribution in [-0.4, -0.2) is 23.0 Å². The van der Waals surface area contributed by atoms with E-state index in [2.05, 4.69) is 15.3 Å². The molecule has 92 valence electrons. The van der Waals surface area contributed by atoms with Crippen molar-refractivity contribution < 1.29 is 9.53 Å². The monoisotopic (exact) mass is 263 g/mol. The van der Waals surface area contributed by atoms with Gasteiger partial charge in [0.1, 0.15) is 0 Å². The van der Waals surface area contributed by atoms with Gasteiger partial charge in [0.05, 0.1) is 25.2 Å². The fourth-order valence-electron chi connectivity index (χ4n) is 1.32. The zero-order valence-electron chi connectivity index (χ0n) is 9.55. The minimum absolute atomic E-state index is 0.246. The predicted octanol–water partition coefficient (Wildman–Crippen LogP) is 2.39. The Labute approximate surface area is 109 Å². The number of amides is 1. The van der Waals surface area contributed by atoms with Gasteiger partial charge in [0, 0.05) is 10.6 Å². The first-order chi connectivity index (χ1) is 8.69. The predicted molar refractivity (Wildman–Crippen MR) is 68.0 cm³/mol. The van der Waals surface area contributed by atoms with Crippen LogP contribution in [-0.2, 0) is 0 Å². The van der Waals surface area contributed by atoms with Crippen molar-refractivity contribution in [3.63, 3.8) is 0 Å². The molecule has 0 aliphatic carbocycles. The topological polar surface area (TPSA) is 64.1 Å². The molecule has 0 saturated heterocycles. The van der Waals surface area contributed by atoms with E-state index in [0.29, 0.717) is 16.3 Å². The molecule has 2 aromatic rings. The number of aromatic nitrogens is 2. The molecule has 1 aromatic heterocycles. The third kappa shape index (κ3) is 2.95. The van der Waals surface area contributed by atoms with E-state index >= 15 is 0 Å². The Bertz CT molecular complexity index is 558. The lowest BCUT2D eigenvalue weighted by Crippen LogP contribution is -2.12. The van der Waals surface area contributed by atoms with Gasteiger partial charge in [-0.15, -0.1) is 0 Å². The highest BCUT2D eigenvalue weighted by Crippen LogP contribution is 2.13. The first kappa shape index (κ1) is 12.3. The summed E-state index contributed by atoms with van der Waals surface area (Å²) < 4.78 is 4.82. The lowest BCUT2D eigenvalue weighted by Gasteiger charge is -2.05. The highest BCUT2D eigenvalue weighted by Gasteiger charge is 2.07. The van der Waals surface area contributed by atoms with Crippen LogP contribution in [0.25, 0.3) is 0 Å². The summed E-state index contributed by atoms with van der Waals surface area (Å²) in [7, 11) is 1.47. The Hall–Kier alpha value is -2.14. The molecule has 0 atom stereocenters. The number of nitrogens with zero attached hydrogens (tertiary/aromatic N) is 2. The number of hydrogen-bond donors (Lipinski definition) is 1. The zero-order valence-corrected chi connectivity index (χ0v) is 10.3. The van der Waals surface area contributed by atoms with E-state index in [4.69, 9.17) is 16.3 Å². The third-order valence-electron chi connectivity index (χ3n) is 2.16. The second-order valence-corrected chi connectivity index (χ2v) is 3.86. The summed E-state index contributed by atoms with van der Waals surface area (Å²) in [5.74, 6) is -0.272. The van der Waals surface area contributed by atoms with Gasteiger partial charge in [-0.25, -0.2) is 9.97 Å². The van der Waals surface area contributed by atoms with Crippen molar-refractivity contribution >= 4 is 23.2 Å². The Balaban J connectivity index is 2.11. The number of halogens is 1. The first-order valence-corrected chi connectivity index (χ1v) is 5.50. The number of carbonyl (C=O) groups excluding carboxylic acids is 1. The molecule has 2 rings (SSSR count). The molecule has 1 heterocycles. The Kier molecular flexibility index (Phi) is 3.74. The maximum atomic E-state index is 11.9. The van der Waals surface area contributed by atoms with Crippen LogP contribution >= 0.6 is 11.6 Å². The van der Waals surface area contributed by atoms with Gasteiger partial charge in [-0.3, -0.25) is 4.79 Å².